The Hall–Kier alpha value is -1.05. The molecule has 0 aliphatic heterocycles. The molecule has 0 aromatic carbocycles. The van der Waals surface area contributed by atoms with Gasteiger partial charge in [0.25, 0.3) is 0 Å². The fraction of sp³-hybridized carbons (Fsp3) is 0.907. The van der Waals surface area contributed by atoms with E-state index >= 15 is 0 Å². The number of hydrogen-bond acceptors (Lipinski definition) is 1. The first-order chi connectivity index (χ1) is 27.8. The largest absolute Gasteiger partial charge is 0.343 e. The molecule has 0 heterocycles. The summed E-state index contributed by atoms with van der Waals surface area (Å²) >= 11 is 0. The topological polar surface area (TPSA) is 20.3 Å². The molecule has 0 aliphatic carbocycles. The summed E-state index contributed by atoms with van der Waals surface area (Å²) in [6.45, 7) is 8.87. The molecule has 332 valence electrons. The smallest absolute Gasteiger partial charge is 0.222 e. The van der Waals surface area contributed by atoms with Crippen LogP contribution in [0.15, 0.2) is 24.3 Å². The highest BCUT2D eigenvalue weighted by Gasteiger charge is 2.12. The van der Waals surface area contributed by atoms with Gasteiger partial charge in [-0.3, -0.25) is 4.79 Å². The van der Waals surface area contributed by atoms with Gasteiger partial charge in [0, 0.05) is 19.5 Å². The van der Waals surface area contributed by atoms with E-state index in [9.17, 15) is 4.79 Å². The zero-order valence-electron chi connectivity index (χ0n) is 39.2. The van der Waals surface area contributed by atoms with E-state index in [1.165, 1.54) is 270 Å². The highest BCUT2D eigenvalue weighted by Crippen LogP contribution is 2.16. The van der Waals surface area contributed by atoms with Crippen LogP contribution >= 0.6 is 0 Å². The van der Waals surface area contributed by atoms with Crippen molar-refractivity contribution in [2.45, 2.75) is 303 Å². The maximum atomic E-state index is 13.4. The molecule has 2 heteroatoms. The fourth-order valence-electron chi connectivity index (χ4n) is 8.27. The molecule has 56 heavy (non-hydrogen) atoms. The van der Waals surface area contributed by atoms with Crippen molar-refractivity contribution in [2.24, 2.45) is 0 Å². The van der Waals surface area contributed by atoms with E-state index in [1.54, 1.807) is 0 Å². The minimum absolute atomic E-state index is 0.445. The third kappa shape index (κ3) is 45.6. The van der Waals surface area contributed by atoms with Crippen molar-refractivity contribution in [3.05, 3.63) is 24.3 Å². The second-order valence-electron chi connectivity index (χ2n) is 18.0. The summed E-state index contributed by atoms with van der Waals surface area (Å²) in [5.74, 6) is 0.445. The van der Waals surface area contributed by atoms with E-state index in [2.05, 4.69) is 50.0 Å². The molecule has 0 bridgehead atoms. The van der Waals surface area contributed by atoms with Gasteiger partial charge in [-0.1, -0.05) is 251 Å². The van der Waals surface area contributed by atoms with E-state index in [0.29, 0.717) is 5.91 Å². The Kier molecular flexibility index (Phi) is 49.2. The van der Waals surface area contributed by atoms with Crippen molar-refractivity contribution < 1.29 is 4.79 Å². The van der Waals surface area contributed by atoms with Crippen LogP contribution in [0.5, 0.6) is 0 Å². The molecule has 1 amide bonds. The van der Waals surface area contributed by atoms with E-state index in [-0.39, 0.29) is 0 Å². The Bertz CT molecular complexity index is 743. The standard InChI is InChI=1S/C54H105NO/c1-4-7-10-13-16-19-22-25-28-31-34-37-40-43-46-49-52-55(53-50-47-44-41-38-35-32-29-26-23-20-17-14-11-8-5-2)54(56)51-48-45-42-39-36-33-30-27-24-21-18-15-12-9-6-3/h25-26,28-29H,4-24,27,30-53H2,1-3H3/b28-25-,29-26-. The molecule has 2 nitrogen and oxygen atoms in total. The predicted octanol–water partition coefficient (Wildman–Crippen LogP) is 19.2. The third-order valence-corrected chi connectivity index (χ3v) is 12.2. The van der Waals surface area contributed by atoms with E-state index in [4.69, 9.17) is 0 Å². The predicted molar refractivity (Wildman–Crippen MR) is 255 cm³/mol. The number of nitrogens with zero attached hydrogens (tertiary/aromatic N) is 1. The van der Waals surface area contributed by atoms with Gasteiger partial charge in [0.05, 0.1) is 0 Å². The summed E-state index contributed by atoms with van der Waals surface area (Å²) in [4.78, 5) is 15.6. The summed E-state index contributed by atoms with van der Waals surface area (Å²) in [5.41, 5.74) is 0. The molecule has 0 unspecified atom stereocenters. The number of carbonyl (C=O) groups excluding carboxylic acids is 1. The van der Waals surface area contributed by atoms with Crippen LogP contribution in [0.2, 0.25) is 0 Å². The maximum Gasteiger partial charge on any atom is 0.222 e. The zero-order valence-corrected chi connectivity index (χ0v) is 39.2. The van der Waals surface area contributed by atoms with Crippen molar-refractivity contribution in [2.75, 3.05) is 13.1 Å². The minimum Gasteiger partial charge on any atom is -0.343 e. The lowest BCUT2D eigenvalue weighted by Gasteiger charge is -2.23. The second-order valence-corrected chi connectivity index (χ2v) is 18.0. The van der Waals surface area contributed by atoms with Crippen LogP contribution in [-0.4, -0.2) is 23.9 Å². The van der Waals surface area contributed by atoms with Crippen molar-refractivity contribution in [1.29, 1.82) is 0 Å². The zero-order chi connectivity index (χ0) is 40.5. The molecule has 0 aromatic heterocycles. The number of hydrogen-bond donors (Lipinski definition) is 0. The summed E-state index contributed by atoms with van der Waals surface area (Å²) in [7, 11) is 0. The van der Waals surface area contributed by atoms with Crippen LogP contribution in [-0.2, 0) is 4.79 Å². The van der Waals surface area contributed by atoms with E-state index < -0.39 is 0 Å². The first-order valence-electron chi connectivity index (χ1n) is 26.3. The molecule has 0 spiro atoms. The second kappa shape index (κ2) is 50.1. The van der Waals surface area contributed by atoms with Crippen LogP contribution in [0.4, 0.5) is 0 Å². The summed E-state index contributed by atoms with van der Waals surface area (Å²) in [5, 5.41) is 0. The summed E-state index contributed by atoms with van der Waals surface area (Å²) < 4.78 is 0. The molecule has 0 rings (SSSR count). The Morgan fingerprint density at radius 3 is 0.768 bits per heavy atom. The lowest BCUT2D eigenvalue weighted by atomic mass is 10.0. The van der Waals surface area contributed by atoms with Crippen LogP contribution in [0.25, 0.3) is 0 Å². The van der Waals surface area contributed by atoms with Gasteiger partial charge in [0.1, 0.15) is 0 Å². The third-order valence-electron chi connectivity index (χ3n) is 12.2. The summed E-state index contributed by atoms with van der Waals surface area (Å²) in [6, 6.07) is 0. The molecular weight excluding hydrogens is 679 g/mol. The minimum atomic E-state index is 0.445. The van der Waals surface area contributed by atoms with Crippen molar-refractivity contribution in [1.82, 2.24) is 4.90 Å². The van der Waals surface area contributed by atoms with Gasteiger partial charge in [-0.25, -0.2) is 0 Å². The number of rotatable bonds is 48. The monoisotopic (exact) mass is 784 g/mol. The average molecular weight is 784 g/mol. The molecule has 0 N–H and O–H groups in total. The van der Waals surface area contributed by atoms with Crippen LogP contribution < -0.4 is 0 Å². The lowest BCUT2D eigenvalue weighted by Crippen LogP contribution is -2.32. The molecule has 0 saturated heterocycles. The maximum absolute atomic E-state index is 13.4. The normalized spacial score (nSPS) is 11.8. The van der Waals surface area contributed by atoms with Crippen molar-refractivity contribution in [3.63, 3.8) is 0 Å². The van der Waals surface area contributed by atoms with Gasteiger partial charge in [-0.15, -0.1) is 0 Å². The molecule has 0 fully saturated rings. The van der Waals surface area contributed by atoms with E-state index in [1.807, 2.05) is 0 Å². The van der Waals surface area contributed by atoms with Crippen LogP contribution in [0.3, 0.4) is 0 Å². The number of carbonyl (C=O) groups is 1. The highest BCUT2D eigenvalue weighted by atomic mass is 16.2. The Labute approximate surface area is 355 Å². The Balaban J connectivity index is 4.15. The first-order valence-corrected chi connectivity index (χ1v) is 26.3. The van der Waals surface area contributed by atoms with Crippen molar-refractivity contribution in [3.8, 4) is 0 Å². The van der Waals surface area contributed by atoms with Crippen molar-refractivity contribution >= 4 is 5.91 Å². The SMILES string of the molecule is CCCCCCCC/C=C\CCCCCCCCN(CCCCCCCC/C=C\CCCCCCCC)C(=O)CCCCCCCCCCCCCCCCC. The molecule has 0 aromatic rings. The molecule has 0 aliphatic rings. The van der Waals surface area contributed by atoms with Gasteiger partial charge < -0.3 is 4.90 Å². The first kappa shape index (κ1) is 55.0. The Morgan fingerprint density at radius 2 is 0.500 bits per heavy atom. The molecular formula is C54H105NO. The lowest BCUT2D eigenvalue weighted by molar-refractivity contribution is -0.131. The molecule has 0 saturated carbocycles. The summed E-state index contributed by atoms with van der Waals surface area (Å²) in [6.07, 6.45) is 68.7. The van der Waals surface area contributed by atoms with Gasteiger partial charge in [-0.2, -0.15) is 0 Å². The molecule has 0 radical (unpaired) electrons. The van der Waals surface area contributed by atoms with Gasteiger partial charge in [-0.05, 0) is 70.6 Å². The Morgan fingerprint density at radius 1 is 0.286 bits per heavy atom. The highest BCUT2D eigenvalue weighted by molar-refractivity contribution is 5.76. The quantitative estimate of drug-likeness (QED) is 0.0445. The van der Waals surface area contributed by atoms with Gasteiger partial charge in [0.15, 0.2) is 0 Å². The molecule has 0 atom stereocenters. The van der Waals surface area contributed by atoms with Crippen LogP contribution in [0, 0.1) is 0 Å². The number of amides is 1. The van der Waals surface area contributed by atoms with Gasteiger partial charge in [0.2, 0.25) is 5.91 Å². The number of allylic oxidation sites excluding steroid dienone is 4. The van der Waals surface area contributed by atoms with Gasteiger partial charge >= 0.3 is 0 Å². The number of unbranched alkanes of at least 4 members (excludes halogenated alkanes) is 38. The fourth-order valence-corrected chi connectivity index (χ4v) is 8.27. The van der Waals surface area contributed by atoms with E-state index in [0.717, 1.165) is 25.9 Å². The van der Waals surface area contributed by atoms with Crippen LogP contribution in [0.1, 0.15) is 303 Å². The average Bonchev–Trinajstić information content (AvgIpc) is 3.21.